The Morgan fingerprint density at radius 2 is 1.85 bits per heavy atom. The van der Waals surface area contributed by atoms with E-state index >= 15 is 0 Å². The minimum Gasteiger partial charge on any atom is -0.336 e. The van der Waals surface area contributed by atoms with Gasteiger partial charge in [-0.25, -0.2) is 0 Å². The van der Waals surface area contributed by atoms with Gasteiger partial charge in [-0.3, -0.25) is 9.69 Å². The van der Waals surface area contributed by atoms with E-state index in [1.807, 2.05) is 0 Å². The summed E-state index contributed by atoms with van der Waals surface area (Å²) in [7, 11) is 0. The molecular weight excluding hydrogens is 332 g/mol. The quantitative estimate of drug-likeness (QED) is 0.625. The normalized spacial score (nSPS) is 40.5. The zero-order valence-corrected chi connectivity index (χ0v) is 18.0. The molecule has 152 valence electrons. The van der Waals surface area contributed by atoms with Crippen LogP contribution in [0.2, 0.25) is 0 Å². The van der Waals surface area contributed by atoms with E-state index in [0.29, 0.717) is 12.0 Å². The second kappa shape index (κ2) is 7.89. The van der Waals surface area contributed by atoms with Crippen molar-refractivity contribution in [2.24, 2.45) is 11.8 Å². The van der Waals surface area contributed by atoms with Gasteiger partial charge in [0.15, 0.2) is 0 Å². The molecule has 4 aliphatic rings. The molecule has 0 bridgehead atoms. The molecule has 0 spiro atoms. The topological polar surface area (TPSA) is 23.6 Å². The molecule has 0 N–H and O–H groups in total. The largest absolute Gasteiger partial charge is 0.336 e. The van der Waals surface area contributed by atoms with Crippen LogP contribution in [0.3, 0.4) is 0 Å². The van der Waals surface area contributed by atoms with Crippen molar-refractivity contribution in [3.05, 3.63) is 11.1 Å². The minimum atomic E-state index is 0.280. The Kier molecular flexibility index (Phi) is 5.69. The third kappa shape index (κ3) is 3.86. The van der Waals surface area contributed by atoms with Crippen molar-refractivity contribution in [1.82, 2.24) is 9.80 Å². The van der Waals surface area contributed by atoms with Crippen LogP contribution >= 0.6 is 0 Å². The number of hydrogen-bond acceptors (Lipinski definition) is 2. The van der Waals surface area contributed by atoms with Gasteiger partial charge in [0, 0.05) is 31.6 Å². The van der Waals surface area contributed by atoms with Gasteiger partial charge in [0.2, 0.25) is 5.91 Å². The fraction of sp³-hybridized carbons (Fsp3) is 0.875. The van der Waals surface area contributed by atoms with E-state index in [2.05, 4.69) is 30.6 Å². The molecule has 1 amide bonds. The van der Waals surface area contributed by atoms with E-state index in [-0.39, 0.29) is 5.91 Å². The van der Waals surface area contributed by atoms with Gasteiger partial charge in [-0.15, -0.1) is 0 Å². The van der Waals surface area contributed by atoms with Crippen LogP contribution in [0.25, 0.3) is 0 Å². The van der Waals surface area contributed by atoms with E-state index < -0.39 is 0 Å². The van der Waals surface area contributed by atoms with Crippen LogP contribution in [0.1, 0.15) is 91.9 Å². The van der Waals surface area contributed by atoms with Crippen molar-refractivity contribution in [3.63, 3.8) is 0 Å². The summed E-state index contributed by atoms with van der Waals surface area (Å²) in [5, 5.41) is 0. The minimum absolute atomic E-state index is 0.280. The van der Waals surface area contributed by atoms with Crippen LogP contribution < -0.4 is 0 Å². The molecule has 4 rings (SSSR count). The molecule has 6 atom stereocenters. The van der Waals surface area contributed by atoms with E-state index in [1.165, 1.54) is 57.8 Å². The van der Waals surface area contributed by atoms with Crippen molar-refractivity contribution in [2.45, 2.75) is 116 Å². The second-order valence-electron chi connectivity index (χ2n) is 10.3. The summed E-state index contributed by atoms with van der Waals surface area (Å²) in [6, 6.07) is 2.72. The monoisotopic (exact) mass is 372 g/mol. The molecule has 0 aromatic carbocycles. The van der Waals surface area contributed by atoms with E-state index in [9.17, 15) is 4.79 Å². The Labute approximate surface area is 166 Å². The Bertz CT molecular complexity index is 597. The smallest absolute Gasteiger partial charge is 0.219 e. The maximum absolute atomic E-state index is 12.2. The lowest BCUT2D eigenvalue weighted by Gasteiger charge is -2.51. The number of piperidine rings is 3. The van der Waals surface area contributed by atoms with Crippen LogP contribution in [-0.4, -0.2) is 46.4 Å². The number of carbonyl (C=O) groups is 1. The van der Waals surface area contributed by atoms with E-state index in [4.69, 9.17) is 0 Å². The van der Waals surface area contributed by atoms with Gasteiger partial charge < -0.3 is 4.90 Å². The van der Waals surface area contributed by atoms with Crippen molar-refractivity contribution < 1.29 is 4.79 Å². The lowest BCUT2D eigenvalue weighted by atomic mass is 9.73. The SMILES string of the molecule is CC(=O)N1CCCC2=C(C[C@@H]3CCC[C@H]4C[C@H](C)C[C@H](C)N34)C[C@H](C)C[C@@H]21. The summed E-state index contributed by atoms with van der Waals surface area (Å²) < 4.78 is 0. The predicted molar refractivity (Wildman–Crippen MR) is 112 cm³/mol. The third-order valence-electron chi connectivity index (χ3n) is 8.03. The number of amides is 1. The molecule has 3 nitrogen and oxygen atoms in total. The van der Waals surface area contributed by atoms with Gasteiger partial charge in [-0.05, 0) is 82.1 Å². The van der Waals surface area contributed by atoms with E-state index in [0.717, 1.165) is 37.0 Å². The fourth-order valence-electron chi connectivity index (χ4n) is 7.14. The summed E-state index contributed by atoms with van der Waals surface area (Å²) in [4.78, 5) is 17.3. The van der Waals surface area contributed by atoms with Gasteiger partial charge >= 0.3 is 0 Å². The highest BCUT2D eigenvalue weighted by Gasteiger charge is 2.40. The first kappa shape index (κ1) is 19.5. The number of rotatable bonds is 2. The number of nitrogens with zero attached hydrogens (tertiary/aromatic N) is 2. The Hall–Kier alpha value is -0.830. The van der Waals surface area contributed by atoms with Crippen LogP contribution in [0.4, 0.5) is 0 Å². The molecule has 27 heavy (non-hydrogen) atoms. The van der Waals surface area contributed by atoms with Crippen molar-refractivity contribution in [1.29, 1.82) is 0 Å². The highest BCUT2D eigenvalue weighted by atomic mass is 16.2. The average molecular weight is 373 g/mol. The summed E-state index contributed by atoms with van der Waals surface area (Å²) in [6.45, 7) is 10.1. The summed E-state index contributed by atoms with van der Waals surface area (Å²) in [5.74, 6) is 1.89. The standard InChI is InChI=1S/C24H40N2O/c1-16-11-18(3)26-21(13-16)7-5-8-22(26)15-20-12-17(2)14-24-23(20)9-6-10-25(24)19(4)27/h16-18,21-22,24H,5-15H2,1-4H3/t16-,17+,18+,21+,22+,24+/m1/s1. The number of fused-ring (bicyclic) bond motifs is 2. The summed E-state index contributed by atoms with van der Waals surface area (Å²) in [6.07, 6.45) is 13.1. The maximum Gasteiger partial charge on any atom is 0.219 e. The number of carbonyl (C=O) groups excluding carboxylic acids is 1. The molecule has 1 aliphatic carbocycles. The molecule has 3 heterocycles. The van der Waals surface area contributed by atoms with Crippen LogP contribution in [-0.2, 0) is 4.79 Å². The maximum atomic E-state index is 12.2. The summed E-state index contributed by atoms with van der Waals surface area (Å²) >= 11 is 0. The molecule has 0 unspecified atom stereocenters. The van der Waals surface area contributed by atoms with Crippen LogP contribution in [0.5, 0.6) is 0 Å². The first-order chi connectivity index (χ1) is 12.9. The molecule has 3 aliphatic heterocycles. The first-order valence-electron chi connectivity index (χ1n) is 11.7. The zero-order chi connectivity index (χ0) is 19.1. The molecular formula is C24H40N2O. The van der Waals surface area contributed by atoms with Crippen molar-refractivity contribution in [3.8, 4) is 0 Å². The van der Waals surface area contributed by atoms with Gasteiger partial charge in [0.25, 0.3) is 0 Å². The molecule has 0 aromatic heterocycles. The van der Waals surface area contributed by atoms with Gasteiger partial charge in [0.05, 0.1) is 6.04 Å². The number of likely N-dealkylation sites (tertiary alicyclic amines) is 1. The average Bonchev–Trinajstić information content (AvgIpc) is 2.60. The molecule has 0 aromatic rings. The van der Waals surface area contributed by atoms with Crippen LogP contribution in [0.15, 0.2) is 11.1 Å². The van der Waals surface area contributed by atoms with Gasteiger partial charge in [0.1, 0.15) is 0 Å². The highest BCUT2D eigenvalue weighted by Crippen LogP contribution is 2.43. The van der Waals surface area contributed by atoms with Crippen LogP contribution in [0, 0.1) is 11.8 Å². The van der Waals surface area contributed by atoms with E-state index in [1.54, 1.807) is 18.1 Å². The lowest BCUT2D eigenvalue weighted by molar-refractivity contribution is -0.131. The molecule has 3 fully saturated rings. The predicted octanol–water partition coefficient (Wildman–Crippen LogP) is 5.16. The Morgan fingerprint density at radius 1 is 1.04 bits per heavy atom. The lowest BCUT2D eigenvalue weighted by Crippen LogP contribution is -2.55. The molecule has 3 heteroatoms. The van der Waals surface area contributed by atoms with Gasteiger partial charge in [-0.1, -0.05) is 25.8 Å². The Balaban J connectivity index is 1.57. The van der Waals surface area contributed by atoms with Crippen molar-refractivity contribution >= 4 is 5.91 Å². The molecule has 0 radical (unpaired) electrons. The zero-order valence-electron chi connectivity index (χ0n) is 18.0. The third-order valence-corrected chi connectivity index (χ3v) is 8.03. The first-order valence-corrected chi connectivity index (χ1v) is 11.7. The van der Waals surface area contributed by atoms with Crippen molar-refractivity contribution in [2.75, 3.05) is 6.54 Å². The number of hydrogen-bond donors (Lipinski definition) is 0. The Morgan fingerprint density at radius 3 is 2.63 bits per heavy atom. The summed E-state index contributed by atoms with van der Waals surface area (Å²) in [5.41, 5.74) is 3.40. The molecule has 0 saturated carbocycles. The second-order valence-corrected chi connectivity index (χ2v) is 10.3. The van der Waals surface area contributed by atoms with Gasteiger partial charge in [-0.2, -0.15) is 0 Å². The highest BCUT2D eigenvalue weighted by molar-refractivity contribution is 5.74. The fourth-order valence-corrected chi connectivity index (χ4v) is 7.14. The molecule has 3 saturated heterocycles.